The van der Waals surface area contributed by atoms with E-state index in [0.717, 1.165) is 11.1 Å². The Hall–Kier alpha value is -2.99. The van der Waals surface area contributed by atoms with Crippen LogP contribution in [0.2, 0.25) is 0 Å². The molecule has 0 spiro atoms. The van der Waals surface area contributed by atoms with Crippen molar-refractivity contribution in [3.63, 3.8) is 0 Å². The largest absolute Gasteiger partial charge is 0.329 e. The first kappa shape index (κ1) is 15.5. The molecule has 0 radical (unpaired) electrons. The van der Waals surface area contributed by atoms with E-state index >= 15 is 0 Å². The van der Waals surface area contributed by atoms with Crippen molar-refractivity contribution in [1.82, 2.24) is 4.90 Å². The third kappa shape index (κ3) is 3.04. The van der Waals surface area contributed by atoms with Crippen LogP contribution in [0.5, 0.6) is 0 Å². The molecule has 0 saturated heterocycles. The third-order valence-electron chi connectivity index (χ3n) is 3.98. The van der Waals surface area contributed by atoms with Crippen molar-refractivity contribution in [3.8, 4) is 0 Å². The van der Waals surface area contributed by atoms with Gasteiger partial charge in [0.25, 0.3) is 10.0 Å². The van der Waals surface area contributed by atoms with E-state index in [4.69, 9.17) is 0 Å². The van der Waals surface area contributed by atoms with E-state index < -0.39 is 10.0 Å². The molecule has 5 nitrogen and oxygen atoms in total. The van der Waals surface area contributed by atoms with Gasteiger partial charge in [-0.3, -0.25) is 0 Å². The van der Waals surface area contributed by atoms with Crippen LogP contribution < -0.4 is 0 Å². The maximum absolute atomic E-state index is 12.7. The van der Waals surface area contributed by atoms with Crippen molar-refractivity contribution in [3.05, 3.63) is 90.2 Å². The Morgan fingerprint density at radius 3 is 2.56 bits per heavy atom. The summed E-state index contributed by atoms with van der Waals surface area (Å²) < 4.78 is 29.4. The highest BCUT2D eigenvalue weighted by Crippen LogP contribution is 2.22. The van der Waals surface area contributed by atoms with Crippen molar-refractivity contribution in [2.75, 3.05) is 0 Å². The number of allylic oxidation sites excluding steroid dienone is 2. The molecule has 25 heavy (non-hydrogen) atoms. The summed E-state index contributed by atoms with van der Waals surface area (Å²) in [6.07, 6.45) is 7.56. The summed E-state index contributed by atoms with van der Waals surface area (Å²) in [7, 11) is -3.84. The van der Waals surface area contributed by atoms with Gasteiger partial charge in [-0.25, -0.2) is 4.99 Å². The summed E-state index contributed by atoms with van der Waals surface area (Å²) in [6.45, 7) is 0.611. The van der Waals surface area contributed by atoms with Crippen molar-refractivity contribution in [2.45, 2.75) is 11.4 Å². The molecule has 0 aliphatic carbocycles. The molecular formula is C19H15N3O2S. The fourth-order valence-electron chi connectivity index (χ4n) is 2.76. The fraction of sp³-hybridized carbons (Fsp3) is 0.0526. The Balaban J connectivity index is 1.90. The lowest BCUT2D eigenvalue weighted by molar-refractivity contribution is 0.556. The topological polar surface area (TPSA) is 62.1 Å². The van der Waals surface area contributed by atoms with E-state index in [0.29, 0.717) is 12.4 Å². The number of benzene rings is 2. The minimum atomic E-state index is -3.84. The van der Waals surface area contributed by atoms with Crippen molar-refractivity contribution < 1.29 is 8.42 Å². The molecule has 0 unspecified atom stereocenters. The van der Waals surface area contributed by atoms with Crippen LogP contribution in [0.3, 0.4) is 0 Å². The van der Waals surface area contributed by atoms with Crippen LogP contribution in [0.15, 0.2) is 93.3 Å². The second-order valence-electron chi connectivity index (χ2n) is 5.66. The van der Waals surface area contributed by atoms with Gasteiger partial charge in [0.1, 0.15) is 5.84 Å². The lowest BCUT2D eigenvalue weighted by Gasteiger charge is -2.20. The van der Waals surface area contributed by atoms with Crippen LogP contribution in [-0.2, 0) is 16.6 Å². The summed E-state index contributed by atoms with van der Waals surface area (Å²) in [5.74, 6) is 0.873. The summed E-state index contributed by atoms with van der Waals surface area (Å²) in [6, 6.07) is 15.8. The Labute approximate surface area is 146 Å². The van der Waals surface area contributed by atoms with Crippen LogP contribution in [0.1, 0.15) is 11.1 Å². The average Bonchev–Trinajstić information content (AvgIpc) is 2.78. The van der Waals surface area contributed by atoms with Gasteiger partial charge in [0.05, 0.1) is 4.90 Å². The molecule has 0 amide bonds. The molecule has 124 valence electrons. The van der Waals surface area contributed by atoms with E-state index in [1.54, 1.807) is 18.2 Å². The highest BCUT2D eigenvalue weighted by Gasteiger charge is 2.22. The van der Waals surface area contributed by atoms with Crippen LogP contribution in [0.25, 0.3) is 0 Å². The molecule has 0 fully saturated rings. The molecule has 4 rings (SSSR count). The Bertz CT molecular complexity index is 1040. The van der Waals surface area contributed by atoms with Gasteiger partial charge in [-0.15, -0.1) is 4.40 Å². The molecule has 0 atom stereocenters. The molecule has 0 aromatic heterocycles. The molecule has 6 heteroatoms. The van der Waals surface area contributed by atoms with E-state index in [2.05, 4.69) is 9.39 Å². The standard InChI is InChI=1S/C19H15N3O2S/c23-25(24,16-9-2-1-3-10-16)21-19-17-11-5-4-8-15(17)14-22-13-7-6-12-18(22)20-19/h1-13H,14H2/b21-19-. The molecule has 2 aliphatic rings. The van der Waals surface area contributed by atoms with E-state index in [1.165, 1.54) is 12.1 Å². The molecule has 2 aromatic carbocycles. The van der Waals surface area contributed by atoms with Gasteiger partial charge in [0.2, 0.25) is 0 Å². The Morgan fingerprint density at radius 1 is 0.960 bits per heavy atom. The Kier molecular flexibility index (Phi) is 3.82. The zero-order valence-corrected chi connectivity index (χ0v) is 14.1. The third-order valence-corrected chi connectivity index (χ3v) is 5.26. The predicted molar refractivity (Wildman–Crippen MR) is 97.9 cm³/mol. The first-order valence-electron chi connectivity index (χ1n) is 7.82. The number of rotatable bonds is 2. The summed E-state index contributed by atoms with van der Waals surface area (Å²) in [4.78, 5) is 6.65. The number of hydrogen-bond donors (Lipinski definition) is 0. The lowest BCUT2D eigenvalue weighted by Crippen LogP contribution is -2.24. The predicted octanol–water partition coefficient (Wildman–Crippen LogP) is 3.12. The number of fused-ring (bicyclic) bond motifs is 2. The van der Waals surface area contributed by atoms with Gasteiger partial charge in [0, 0.05) is 18.3 Å². The smallest absolute Gasteiger partial charge is 0.284 e. The quantitative estimate of drug-likeness (QED) is 0.837. The minimum absolute atomic E-state index is 0.153. The SMILES string of the molecule is O=S(=O)(/N=C1\N=C2C=CC=CN2Cc2ccccc21)c1ccccc1. The molecule has 2 heterocycles. The van der Waals surface area contributed by atoms with Gasteiger partial charge >= 0.3 is 0 Å². The number of sulfonamides is 1. The lowest BCUT2D eigenvalue weighted by atomic mass is 10.1. The minimum Gasteiger partial charge on any atom is -0.329 e. The first-order valence-corrected chi connectivity index (χ1v) is 9.26. The summed E-state index contributed by atoms with van der Waals surface area (Å²) >= 11 is 0. The van der Waals surface area contributed by atoms with Gasteiger partial charge in [0.15, 0.2) is 5.84 Å². The van der Waals surface area contributed by atoms with Gasteiger partial charge in [-0.05, 0) is 29.8 Å². The second kappa shape index (κ2) is 6.14. The van der Waals surface area contributed by atoms with Crippen LogP contribution in [0, 0.1) is 0 Å². The molecule has 0 bridgehead atoms. The number of aliphatic imine (C=N–C) groups is 1. The van der Waals surface area contributed by atoms with Gasteiger partial charge < -0.3 is 4.90 Å². The molecule has 0 saturated carbocycles. The number of hydrogen-bond acceptors (Lipinski definition) is 3. The number of nitrogens with zero attached hydrogens (tertiary/aromatic N) is 3. The molecule has 0 N–H and O–H groups in total. The van der Waals surface area contributed by atoms with E-state index in [1.807, 2.05) is 53.6 Å². The van der Waals surface area contributed by atoms with Crippen LogP contribution >= 0.6 is 0 Å². The first-order chi connectivity index (χ1) is 12.1. The monoisotopic (exact) mass is 349 g/mol. The van der Waals surface area contributed by atoms with Crippen LogP contribution in [0.4, 0.5) is 0 Å². The van der Waals surface area contributed by atoms with Crippen molar-refractivity contribution in [2.24, 2.45) is 9.39 Å². The second-order valence-corrected chi connectivity index (χ2v) is 7.26. The molecule has 2 aromatic rings. The zero-order chi connectivity index (χ0) is 17.3. The average molecular weight is 349 g/mol. The maximum Gasteiger partial charge on any atom is 0.284 e. The zero-order valence-electron chi connectivity index (χ0n) is 13.3. The highest BCUT2D eigenvalue weighted by molar-refractivity contribution is 7.90. The van der Waals surface area contributed by atoms with E-state index in [-0.39, 0.29) is 10.7 Å². The maximum atomic E-state index is 12.7. The normalized spacial score (nSPS) is 17.7. The van der Waals surface area contributed by atoms with Crippen molar-refractivity contribution >= 4 is 21.7 Å². The molecule has 2 aliphatic heterocycles. The van der Waals surface area contributed by atoms with Crippen LogP contribution in [-0.4, -0.2) is 25.0 Å². The Morgan fingerprint density at radius 2 is 1.72 bits per heavy atom. The van der Waals surface area contributed by atoms with Crippen molar-refractivity contribution in [1.29, 1.82) is 0 Å². The summed E-state index contributed by atoms with van der Waals surface area (Å²) in [5.41, 5.74) is 1.70. The molecular weight excluding hydrogens is 334 g/mol. The van der Waals surface area contributed by atoms with Gasteiger partial charge in [-0.1, -0.05) is 48.5 Å². The summed E-state index contributed by atoms with van der Waals surface area (Å²) in [5, 5.41) is 0. The fourth-order valence-corrected chi connectivity index (χ4v) is 3.73. The number of amidine groups is 2. The van der Waals surface area contributed by atoms with E-state index in [9.17, 15) is 8.42 Å². The van der Waals surface area contributed by atoms with Gasteiger partial charge in [-0.2, -0.15) is 8.42 Å². The highest BCUT2D eigenvalue weighted by atomic mass is 32.2.